The first kappa shape index (κ1) is 17.9. The van der Waals surface area contributed by atoms with Gasteiger partial charge >= 0.3 is 0 Å². The van der Waals surface area contributed by atoms with Crippen LogP contribution in [0.3, 0.4) is 0 Å². The summed E-state index contributed by atoms with van der Waals surface area (Å²) in [7, 11) is 0. The second kappa shape index (κ2) is 7.88. The minimum Gasteiger partial charge on any atom is -0.349 e. The second-order valence-corrected chi connectivity index (χ2v) is 5.59. The Hall–Kier alpha value is -2.47. The fourth-order valence-corrected chi connectivity index (χ4v) is 2.41. The lowest BCUT2D eigenvalue weighted by Crippen LogP contribution is -2.30. The summed E-state index contributed by atoms with van der Waals surface area (Å²) < 4.78 is 27.2. The van der Waals surface area contributed by atoms with Gasteiger partial charge in [0.05, 0.1) is 12.5 Å². The lowest BCUT2D eigenvalue weighted by atomic mass is 10.0. The van der Waals surface area contributed by atoms with Crippen LogP contribution < -0.4 is 10.6 Å². The molecule has 2 N–H and O–H groups in total. The van der Waals surface area contributed by atoms with Crippen molar-refractivity contribution in [1.29, 1.82) is 0 Å². The van der Waals surface area contributed by atoms with Crippen molar-refractivity contribution < 1.29 is 18.4 Å². The molecule has 0 fully saturated rings. The van der Waals surface area contributed by atoms with E-state index in [1.807, 2.05) is 0 Å². The molecule has 0 bridgehead atoms. The normalized spacial score (nSPS) is 11.7. The van der Waals surface area contributed by atoms with Crippen molar-refractivity contribution in [2.75, 3.05) is 5.32 Å². The van der Waals surface area contributed by atoms with Crippen molar-refractivity contribution >= 4 is 29.1 Å². The van der Waals surface area contributed by atoms with Crippen molar-refractivity contribution in [3.8, 4) is 0 Å². The summed E-state index contributed by atoms with van der Waals surface area (Å²) in [6.07, 6.45) is -0.201. The third-order valence-electron chi connectivity index (χ3n) is 3.25. The Morgan fingerprint density at radius 2 is 1.75 bits per heavy atom. The molecule has 1 unspecified atom stereocenters. The lowest BCUT2D eigenvalue weighted by molar-refractivity contribution is -0.120. The number of halogens is 3. The number of amides is 2. The van der Waals surface area contributed by atoms with Crippen LogP contribution in [0.5, 0.6) is 0 Å². The Labute approximate surface area is 142 Å². The molecule has 2 amide bonds. The number of benzene rings is 2. The Kier molecular flexibility index (Phi) is 5.87. The topological polar surface area (TPSA) is 58.2 Å². The van der Waals surface area contributed by atoms with Gasteiger partial charge in [0, 0.05) is 11.9 Å². The van der Waals surface area contributed by atoms with Crippen molar-refractivity contribution in [3.63, 3.8) is 0 Å². The maximum atomic E-state index is 13.6. The third-order valence-corrected chi connectivity index (χ3v) is 3.48. The maximum absolute atomic E-state index is 13.6. The standard InChI is InChI=1S/C17H15ClF2N2O2/c1-10(23)21-15(11-4-2-5-12(18)8-11)9-16(24)22-17-13(19)6-3-7-14(17)20/h2-8,15H,9H2,1H3,(H,21,23)(H,22,24). The molecule has 0 radical (unpaired) electrons. The summed E-state index contributed by atoms with van der Waals surface area (Å²) >= 11 is 5.92. The fourth-order valence-electron chi connectivity index (χ4n) is 2.21. The number of carbonyl (C=O) groups excluding carboxylic acids is 2. The van der Waals surface area contributed by atoms with Crippen LogP contribution in [0.15, 0.2) is 42.5 Å². The largest absolute Gasteiger partial charge is 0.349 e. The van der Waals surface area contributed by atoms with Gasteiger partial charge < -0.3 is 10.6 Å². The van der Waals surface area contributed by atoms with Crippen LogP contribution in [0, 0.1) is 11.6 Å². The molecule has 1 atom stereocenters. The molecule has 24 heavy (non-hydrogen) atoms. The van der Waals surface area contributed by atoms with E-state index in [2.05, 4.69) is 10.6 Å². The van der Waals surface area contributed by atoms with E-state index in [1.54, 1.807) is 24.3 Å². The maximum Gasteiger partial charge on any atom is 0.226 e. The number of hydrogen-bond acceptors (Lipinski definition) is 2. The molecule has 0 aromatic heterocycles. The van der Waals surface area contributed by atoms with Gasteiger partial charge in [-0.2, -0.15) is 0 Å². The summed E-state index contributed by atoms with van der Waals surface area (Å²) in [5.74, 6) is -2.73. The molecule has 0 aliphatic heterocycles. The predicted octanol–water partition coefficient (Wildman–Crippen LogP) is 3.82. The number of carbonyl (C=O) groups is 2. The molecule has 0 aliphatic carbocycles. The van der Waals surface area contributed by atoms with Crippen LogP contribution in [0.4, 0.5) is 14.5 Å². The number of para-hydroxylation sites is 1. The number of rotatable bonds is 5. The average Bonchev–Trinajstić information content (AvgIpc) is 2.50. The Balaban J connectivity index is 2.17. The van der Waals surface area contributed by atoms with Gasteiger partial charge in [-0.25, -0.2) is 8.78 Å². The van der Waals surface area contributed by atoms with Crippen molar-refractivity contribution in [2.24, 2.45) is 0 Å². The van der Waals surface area contributed by atoms with Gasteiger partial charge in [0.15, 0.2) is 0 Å². The van der Waals surface area contributed by atoms with Gasteiger partial charge in [-0.05, 0) is 29.8 Å². The molecular formula is C17H15ClF2N2O2. The van der Waals surface area contributed by atoms with Crippen LogP contribution in [-0.4, -0.2) is 11.8 Å². The number of nitrogens with one attached hydrogen (secondary N) is 2. The molecule has 0 saturated heterocycles. The molecule has 0 saturated carbocycles. The van der Waals surface area contributed by atoms with Crippen molar-refractivity contribution in [3.05, 3.63) is 64.7 Å². The first-order valence-electron chi connectivity index (χ1n) is 7.13. The van der Waals surface area contributed by atoms with E-state index in [9.17, 15) is 18.4 Å². The average molecular weight is 353 g/mol. The van der Waals surface area contributed by atoms with E-state index >= 15 is 0 Å². The molecule has 2 rings (SSSR count). The summed E-state index contributed by atoms with van der Waals surface area (Å²) in [6.45, 7) is 1.31. The fraction of sp³-hybridized carbons (Fsp3) is 0.176. The van der Waals surface area contributed by atoms with Crippen molar-refractivity contribution in [1.82, 2.24) is 5.32 Å². The molecule has 0 heterocycles. The highest BCUT2D eigenvalue weighted by molar-refractivity contribution is 6.30. The molecule has 2 aromatic rings. The molecule has 4 nitrogen and oxygen atoms in total. The zero-order chi connectivity index (χ0) is 17.7. The highest BCUT2D eigenvalue weighted by atomic mass is 35.5. The lowest BCUT2D eigenvalue weighted by Gasteiger charge is -2.18. The summed E-state index contributed by atoms with van der Waals surface area (Å²) in [5, 5.41) is 5.26. The van der Waals surface area contributed by atoms with E-state index in [4.69, 9.17) is 11.6 Å². The van der Waals surface area contributed by atoms with Gasteiger partial charge in [0.2, 0.25) is 11.8 Å². The van der Waals surface area contributed by atoms with Crippen LogP contribution in [0.1, 0.15) is 24.9 Å². The zero-order valence-electron chi connectivity index (χ0n) is 12.8. The quantitative estimate of drug-likeness (QED) is 0.859. The molecule has 2 aromatic carbocycles. The highest BCUT2D eigenvalue weighted by Crippen LogP contribution is 2.23. The third kappa shape index (κ3) is 4.76. The van der Waals surface area contributed by atoms with Crippen molar-refractivity contribution in [2.45, 2.75) is 19.4 Å². The first-order chi connectivity index (χ1) is 11.4. The van der Waals surface area contributed by atoms with E-state index in [1.165, 1.54) is 13.0 Å². The van der Waals surface area contributed by atoms with E-state index in [0.717, 1.165) is 12.1 Å². The monoisotopic (exact) mass is 352 g/mol. The Morgan fingerprint density at radius 3 is 2.33 bits per heavy atom. The van der Waals surface area contributed by atoms with Gasteiger partial charge in [-0.15, -0.1) is 0 Å². The molecule has 0 spiro atoms. The molecule has 126 valence electrons. The zero-order valence-corrected chi connectivity index (χ0v) is 13.5. The van der Waals surface area contributed by atoms with Crippen LogP contribution in [-0.2, 0) is 9.59 Å². The number of anilines is 1. The van der Waals surface area contributed by atoms with E-state index in [0.29, 0.717) is 10.6 Å². The smallest absolute Gasteiger partial charge is 0.226 e. The van der Waals surface area contributed by atoms with Gasteiger partial charge in [-0.3, -0.25) is 9.59 Å². The Morgan fingerprint density at radius 1 is 1.12 bits per heavy atom. The van der Waals surface area contributed by atoms with Gasteiger partial charge in [0.1, 0.15) is 17.3 Å². The van der Waals surface area contributed by atoms with Gasteiger partial charge in [-0.1, -0.05) is 29.8 Å². The summed E-state index contributed by atoms with van der Waals surface area (Å²) in [4.78, 5) is 23.5. The number of hydrogen-bond donors (Lipinski definition) is 2. The van der Waals surface area contributed by atoms with E-state index < -0.39 is 29.3 Å². The Bertz CT molecular complexity index is 748. The second-order valence-electron chi connectivity index (χ2n) is 5.16. The SMILES string of the molecule is CC(=O)NC(CC(=O)Nc1c(F)cccc1F)c1cccc(Cl)c1. The van der Waals surface area contributed by atoms with Gasteiger partial charge in [0.25, 0.3) is 0 Å². The molecular weight excluding hydrogens is 338 g/mol. The summed E-state index contributed by atoms with van der Waals surface area (Å²) in [5.41, 5.74) is 0.0945. The minimum atomic E-state index is -0.873. The van der Waals surface area contributed by atoms with Crippen LogP contribution in [0.25, 0.3) is 0 Å². The molecule has 0 aliphatic rings. The minimum absolute atomic E-state index is 0.201. The predicted molar refractivity (Wildman–Crippen MR) is 87.6 cm³/mol. The van der Waals surface area contributed by atoms with Crippen LogP contribution in [0.2, 0.25) is 5.02 Å². The first-order valence-corrected chi connectivity index (χ1v) is 7.51. The summed E-state index contributed by atoms with van der Waals surface area (Å²) in [6, 6.07) is 9.26. The van der Waals surface area contributed by atoms with E-state index in [-0.39, 0.29) is 12.3 Å². The van der Waals surface area contributed by atoms with Crippen LogP contribution >= 0.6 is 11.6 Å². The molecule has 7 heteroatoms. The highest BCUT2D eigenvalue weighted by Gasteiger charge is 2.19.